The van der Waals surface area contributed by atoms with Gasteiger partial charge in [0.15, 0.2) is 23.0 Å². The van der Waals surface area contributed by atoms with Crippen molar-refractivity contribution in [1.82, 2.24) is 19.8 Å². The summed E-state index contributed by atoms with van der Waals surface area (Å²) in [6.45, 7) is 6.98. The molecule has 1 aromatic heterocycles. The van der Waals surface area contributed by atoms with Crippen LogP contribution in [-0.4, -0.2) is 92.4 Å². The number of hydrogen-bond acceptors (Lipinski definition) is 12. The summed E-state index contributed by atoms with van der Waals surface area (Å²) in [4.78, 5) is 34.1. The zero-order valence-corrected chi connectivity index (χ0v) is 28.1. The van der Waals surface area contributed by atoms with Crippen LogP contribution in [0.5, 0.6) is 28.7 Å². The van der Waals surface area contributed by atoms with Crippen molar-refractivity contribution >= 4 is 29.1 Å². The van der Waals surface area contributed by atoms with E-state index < -0.39 is 0 Å². The summed E-state index contributed by atoms with van der Waals surface area (Å²) in [6, 6.07) is 15.8. The lowest BCUT2D eigenvalue weighted by molar-refractivity contribution is -0.112. The standard InChI is InChI=1S/C36H39N7O6/c1-22-5-7-27-26(13-22)32(39-36-38-18-25(34(37)40-36)14-24-16-30(45-2)33(47-4)31(17-24)46-3)35(44)43(27)20-42-11-9-41(10-12-42)19-23-6-8-28-29(15-23)49-21-48-28/h5-8,13,15-18H,9-12,14,19-21H2,1-4H3,(H2,37,38,40)/b39-32-. The molecule has 3 aliphatic rings. The highest BCUT2D eigenvalue weighted by molar-refractivity contribution is 6.54. The maximum absolute atomic E-state index is 13.9. The Labute approximate surface area is 284 Å². The molecule has 2 N–H and O–H groups in total. The number of carbonyl (C=O) groups excluding carboxylic acids is 1. The van der Waals surface area contributed by atoms with Gasteiger partial charge in [0.05, 0.1) is 33.7 Å². The third kappa shape index (κ3) is 6.54. The van der Waals surface area contributed by atoms with Crippen LogP contribution in [0, 0.1) is 6.92 Å². The number of methoxy groups -OCH3 is 3. The summed E-state index contributed by atoms with van der Waals surface area (Å²) in [6.07, 6.45) is 2.07. The van der Waals surface area contributed by atoms with Gasteiger partial charge in [-0.25, -0.2) is 9.98 Å². The second-order valence-corrected chi connectivity index (χ2v) is 12.2. The van der Waals surface area contributed by atoms with Gasteiger partial charge in [0.1, 0.15) is 11.5 Å². The number of nitrogens with two attached hydrogens (primary N) is 1. The van der Waals surface area contributed by atoms with Crippen molar-refractivity contribution in [3.8, 4) is 28.7 Å². The van der Waals surface area contributed by atoms with E-state index in [2.05, 4.69) is 36.9 Å². The van der Waals surface area contributed by atoms with Gasteiger partial charge in [0.2, 0.25) is 12.5 Å². The summed E-state index contributed by atoms with van der Waals surface area (Å²) in [5, 5.41) is 0. The van der Waals surface area contributed by atoms with Crippen LogP contribution in [0.15, 0.2) is 59.7 Å². The van der Waals surface area contributed by atoms with E-state index in [1.165, 1.54) is 5.56 Å². The van der Waals surface area contributed by atoms with Gasteiger partial charge in [0.25, 0.3) is 11.9 Å². The number of nitrogen functional groups attached to an aromatic ring is 1. The van der Waals surface area contributed by atoms with Crippen molar-refractivity contribution in [3.05, 3.63) is 82.5 Å². The smallest absolute Gasteiger partial charge is 0.278 e. The first-order valence-corrected chi connectivity index (χ1v) is 16.1. The number of rotatable bonds is 10. The largest absolute Gasteiger partial charge is 0.493 e. The highest BCUT2D eigenvalue weighted by Crippen LogP contribution is 2.39. The van der Waals surface area contributed by atoms with Gasteiger partial charge in [-0.3, -0.25) is 19.5 Å². The van der Waals surface area contributed by atoms with Crippen LogP contribution in [0.1, 0.15) is 27.8 Å². The Morgan fingerprint density at radius 3 is 2.33 bits per heavy atom. The first kappa shape index (κ1) is 32.2. The number of ether oxygens (including phenoxy) is 5. The zero-order chi connectivity index (χ0) is 34.1. The number of anilines is 2. The molecule has 1 fully saturated rings. The van der Waals surface area contributed by atoms with Crippen LogP contribution in [-0.2, 0) is 17.8 Å². The molecule has 0 saturated carbocycles. The minimum absolute atomic E-state index is 0.126. The maximum Gasteiger partial charge on any atom is 0.278 e. The molecule has 0 radical (unpaired) electrons. The van der Waals surface area contributed by atoms with Crippen LogP contribution < -0.4 is 34.3 Å². The van der Waals surface area contributed by atoms with E-state index in [1.54, 1.807) is 32.4 Å². The number of aromatic nitrogens is 2. The van der Waals surface area contributed by atoms with E-state index in [0.717, 1.165) is 66.6 Å². The van der Waals surface area contributed by atoms with E-state index in [-0.39, 0.29) is 24.5 Å². The van der Waals surface area contributed by atoms with E-state index in [9.17, 15) is 4.79 Å². The lowest BCUT2D eigenvalue weighted by Crippen LogP contribution is -2.50. The van der Waals surface area contributed by atoms with Gasteiger partial charge < -0.3 is 29.4 Å². The molecule has 49 heavy (non-hydrogen) atoms. The second kappa shape index (κ2) is 13.6. The van der Waals surface area contributed by atoms with Gasteiger partial charge in [-0.15, -0.1) is 0 Å². The van der Waals surface area contributed by atoms with Crippen LogP contribution in [0.4, 0.5) is 17.5 Å². The Morgan fingerprint density at radius 2 is 1.61 bits per heavy atom. The minimum atomic E-state index is -0.188. The average molecular weight is 666 g/mol. The van der Waals surface area contributed by atoms with Crippen molar-refractivity contribution in [2.45, 2.75) is 19.9 Å². The third-order valence-electron chi connectivity index (χ3n) is 9.01. The molecule has 4 aromatic rings. The van der Waals surface area contributed by atoms with Crippen molar-refractivity contribution in [2.24, 2.45) is 4.99 Å². The van der Waals surface area contributed by atoms with E-state index >= 15 is 0 Å². The topological polar surface area (TPSA) is 137 Å². The molecule has 3 aliphatic heterocycles. The number of aliphatic imine (C=N–C) groups is 1. The quantitative estimate of drug-likeness (QED) is 0.264. The Hall–Kier alpha value is -5.40. The van der Waals surface area contributed by atoms with Crippen LogP contribution in [0.25, 0.3) is 0 Å². The first-order chi connectivity index (χ1) is 23.8. The molecule has 0 aliphatic carbocycles. The third-order valence-corrected chi connectivity index (χ3v) is 9.01. The minimum Gasteiger partial charge on any atom is -0.493 e. The monoisotopic (exact) mass is 665 g/mol. The molecule has 4 heterocycles. The predicted octanol–water partition coefficient (Wildman–Crippen LogP) is 3.96. The van der Waals surface area contributed by atoms with Crippen molar-refractivity contribution < 1.29 is 28.5 Å². The number of hydrogen-bond donors (Lipinski definition) is 1. The van der Waals surface area contributed by atoms with Crippen LogP contribution >= 0.6 is 0 Å². The molecular formula is C36H39N7O6. The number of piperazine rings is 1. The molecule has 0 unspecified atom stereocenters. The number of aryl methyl sites for hydroxylation is 1. The van der Waals surface area contributed by atoms with E-state index in [1.807, 2.05) is 43.3 Å². The fourth-order valence-electron chi connectivity index (χ4n) is 6.42. The predicted molar refractivity (Wildman–Crippen MR) is 184 cm³/mol. The first-order valence-electron chi connectivity index (χ1n) is 16.1. The van der Waals surface area contributed by atoms with Gasteiger partial charge in [0, 0.05) is 56.5 Å². The number of nitrogens with zero attached hydrogens (tertiary/aromatic N) is 6. The number of fused-ring (bicyclic) bond motifs is 2. The number of benzene rings is 3. The molecule has 13 heteroatoms. The maximum atomic E-state index is 13.9. The summed E-state index contributed by atoms with van der Waals surface area (Å²) < 4.78 is 27.4. The summed E-state index contributed by atoms with van der Waals surface area (Å²) in [5.41, 5.74) is 12.1. The average Bonchev–Trinajstić information content (AvgIpc) is 3.68. The normalized spacial score (nSPS) is 16.7. The van der Waals surface area contributed by atoms with Crippen molar-refractivity contribution in [1.29, 1.82) is 0 Å². The van der Waals surface area contributed by atoms with Crippen LogP contribution in [0.3, 0.4) is 0 Å². The lowest BCUT2D eigenvalue weighted by Gasteiger charge is -2.36. The second-order valence-electron chi connectivity index (χ2n) is 12.2. The molecule has 0 spiro atoms. The molecule has 1 amide bonds. The van der Waals surface area contributed by atoms with E-state index in [0.29, 0.717) is 41.6 Å². The van der Waals surface area contributed by atoms with Crippen LogP contribution in [0.2, 0.25) is 0 Å². The highest BCUT2D eigenvalue weighted by Gasteiger charge is 2.36. The van der Waals surface area contributed by atoms with Crippen molar-refractivity contribution in [3.63, 3.8) is 0 Å². The van der Waals surface area contributed by atoms with Gasteiger partial charge in [-0.05, 0) is 54.4 Å². The lowest BCUT2D eigenvalue weighted by atomic mass is 10.1. The molecule has 0 bridgehead atoms. The van der Waals surface area contributed by atoms with Gasteiger partial charge >= 0.3 is 0 Å². The Bertz CT molecular complexity index is 1900. The molecular weight excluding hydrogens is 626 g/mol. The molecule has 3 aromatic carbocycles. The fourth-order valence-corrected chi connectivity index (χ4v) is 6.42. The Balaban J connectivity index is 1.05. The highest BCUT2D eigenvalue weighted by atomic mass is 16.7. The number of carbonyl (C=O) groups is 1. The fraction of sp³-hybridized carbons (Fsp3) is 0.333. The van der Waals surface area contributed by atoms with Crippen molar-refractivity contribution in [2.75, 3.05) is 71.6 Å². The molecule has 7 rings (SSSR count). The van der Waals surface area contributed by atoms with Gasteiger partial charge in [-0.2, -0.15) is 4.98 Å². The molecule has 254 valence electrons. The zero-order valence-electron chi connectivity index (χ0n) is 28.1. The van der Waals surface area contributed by atoms with E-state index in [4.69, 9.17) is 29.4 Å². The molecule has 13 nitrogen and oxygen atoms in total. The van der Waals surface area contributed by atoms with Gasteiger partial charge in [-0.1, -0.05) is 17.7 Å². The Morgan fingerprint density at radius 1 is 0.878 bits per heavy atom. The number of amides is 1. The SMILES string of the molecule is COc1cc(Cc2cnc(/N=C3\C(=O)N(CN4CCN(Cc5ccc6c(c5)OCO6)CC4)c4ccc(C)cc43)nc2N)cc(OC)c1OC. The summed E-state index contributed by atoms with van der Waals surface area (Å²) >= 11 is 0. The summed E-state index contributed by atoms with van der Waals surface area (Å²) in [5.74, 6) is 3.40. The summed E-state index contributed by atoms with van der Waals surface area (Å²) in [7, 11) is 4.70. The Kier molecular flexibility index (Phi) is 8.93. The molecule has 1 saturated heterocycles. The molecule has 0 atom stereocenters.